The second-order valence-electron chi connectivity index (χ2n) is 4.09. The van der Waals surface area contributed by atoms with Gasteiger partial charge >= 0.3 is 0 Å². The third kappa shape index (κ3) is 3.20. The summed E-state index contributed by atoms with van der Waals surface area (Å²) in [7, 11) is 0. The zero-order valence-corrected chi connectivity index (χ0v) is 10.5. The van der Waals surface area contributed by atoms with Gasteiger partial charge < -0.3 is 10.6 Å². The van der Waals surface area contributed by atoms with Crippen molar-refractivity contribution < 1.29 is 4.79 Å². The Kier molecular flexibility index (Phi) is 4.39. The molecular formula is C12H17N3OS. The molecule has 0 bridgehead atoms. The van der Waals surface area contributed by atoms with Crippen molar-refractivity contribution >= 4 is 17.7 Å². The van der Waals surface area contributed by atoms with Crippen LogP contribution in [0.5, 0.6) is 0 Å². The summed E-state index contributed by atoms with van der Waals surface area (Å²) in [6, 6.07) is 4.09. The van der Waals surface area contributed by atoms with E-state index < -0.39 is 0 Å². The van der Waals surface area contributed by atoms with Crippen molar-refractivity contribution in [3.63, 3.8) is 0 Å². The summed E-state index contributed by atoms with van der Waals surface area (Å²) in [4.78, 5) is 19.0. The van der Waals surface area contributed by atoms with Crippen LogP contribution in [-0.4, -0.2) is 40.7 Å². The molecule has 1 saturated heterocycles. The molecule has 0 aromatic carbocycles. The normalized spacial score (nSPS) is 19.6. The molecule has 0 spiro atoms. The van der Waals surface area contributed by atoms with Crippen molar-refractivity contribution in [3.8, 4) is 0 Å². The van der Waals surface area contributed by atoms with Crippen LogP contribution in [0, 0.1) is 0 Å². The number of aromatic nitrogens is 1. The highest BCUT2D eigenvalue weighted by Gasteiger charge is 2.27. The number of amides is 1. The van der Waals surface area contributed by atoms with Crippen LogP contribution in [0.15, 0.2) is 29.4 Å². The molecule has 92 valence electrons. The van der Waals surface area contributed by atoms with E-state index in [1.54, 1.807) is 24.2 Å². The molecule has 1 amide bonds. The molecule has 5 heteroatoms. The Balaban J connectivity index is 1.85. The molecule has 1 aliphatic heterocycles. The van der Waals surface area contributed by atoms with Gasteiger partial charge in [-0.05, 0) is 25.0 Å². The molecule has 4 nitrogen and oxygen atoms in total. The Hall–Kier alpha value is -1.07. The summed E-state index contributed by atoms with van der Waals surface area (Å²) in [5.41, 5.74) is 5.66. The minimum absolute atomic E-state index is 0.194. The molecule has 1 aromatic heterocycles. The Morgan fingerprint density at radius 1 is 1.53 bits per heavy atom. The Morgan fingerprint density at radius 3 is 3.00 bits per heavy atom. The molecule has 0 aliphatic carbocycles. The average Bonchev–Trinajstić information content (AvgIpc) is 2.85. The van der Waals surface area contributed by atoms with Crippen LogP contribution in [0.1, 0.15) is 12.8 Å². The maximum Gasteiger partial charge on any atom is 0.233 e. The summed E-state index contributed by atoms with van der Waals surface area (Å²) in [6.07, 6.45) is 5.60. The first-order chi connectivity index (χ1) is 8.31. The largest absolute Gasteiger partial charge is 0.338 e. The number of nitrogens with zero attached hydrogens (tertiary/aromatic N) is 2. The standard InChI is InChI=1S/C12H17N3OS/c13-8-10-2-1-7-15(10)12(16)9-17-11-3-5-14-6-4-11/h3-6,10H,1-2,7-9,13H2. The lowest BCUT2D eigenvalue weighted by molar-refractivity contribution is -0.128. The predicted octanol–water partition coefficient (Wildman–Crippen LogP) is 1.12. The lowest BCUT2D eigenvalue weighted by Crippen LogP contribution is -2.40. The first-order valence-corrected chi connectivity index (χ1v) is 6.82. The molecule has 1 atom stereocenters. The van der Waals surface area contributed by atoms with Crippen LogP contribution in [0.25, 0.3) is 0 Å². The van der Waals surface area contributed by atoms with Gasteiger partial charge in [0, 0.05) is 36.4 Å². The summed E-state index contributed by atoms with van der Waals surface area (Å²) in [6.45, 7) is 1.43. The Morgan fingerprint density at radius 2 is 2.29 bits per heavy atom. The van der Waals surface area contributed by atoms with Crippen molar-refractivity contribution in [1.29, 1.82) is 0 Å². The van der Waals surface area contributed by atoms with Gasteiger partial charge in [-0.15, -0.1) is 11.8 Å². The van der Waals surface area contributed by atoms with Crippen LogP contribution in [0.4, 0.5) is 0 Å². The molecule has 2 heterocycles. The zero-order valence-electron chi connectivity index (χ0n) is 9.71. The van der Waals surface area contributed by atoms with Crippen LogP contribution in [0.3, 0.4) is 0 Å². The SMILES string of the molecule is NCC1CCCN1C(=O)CSc1ccncc1. The van der Waals surface area contributed by atoms with Crippen molar-refractivity contribution in [1.82, 2.24) is 9.88 Å². The lowest BCUT2D eigenvalue weighted by Gasteiger charge is -2.23. The first kappa shape index (κ1) is 12.4. The van der Waals surface area contributed by atoms with E-state index in [0.717, 1.165) is 24.3 Å². The minimum atomic E-state index is 0.194. The number of likely N-dealkylation sites (tertiary alicyclic amines) is 1. The van der Waals surface area contributed by atoms with E-state index in [4.69, 9.17) is 5.73 Å². The highest BCUT2D eigenvalue weighted by atomic mass is 32.2. The van der Waals surface area contributed by atoms with Gasteiger partial charge in [0.1, 0.15) is 0 Å². The number of pyridine rings is 1. The summed E-state index contributed by atoms with van der Waals surface area (Å²) >= 11 is 1.56. The van der Waals surface area contributed by atoms with Crippen molar-refractivity contribution in [3.05, 3.63) is 24.5 Å². The quantitative estimate of drug-likeness (QED) is 0.815. The second kappa shape index (κ2) is 6.02. The zero-order chi connectivity index (χ0) is 12.1. The highest BCUT2D eigenvalue weighted by Crippen LogP contribution is 2.21. The van der Waals surface area contributed by atoms with Gasteiger partial charge in [0.25, 0.3) is 0 Å². The fraction of sp³-hybridized carbons (Fsp3) is 0.500. The van der Waals surface area contributed by atoms with Gasteiger partial charge in [-0.3, -0.25) is 9.78 Å². The number of rotatable bonds is 4. The molecule has 2 N–H and O–H groups in total. The smallest absolute Gasteiger partial charge is 0.233 e. The van der Waals surface area contributed by atoms with Crippen molar-refractivity contribution in [2.45, 2.75) is 23.8 Å². The van der Waals surface area contributed by atoms with Gasteiger partial charge in [0.2, 0.25) is 5.91 Å². The van der Waals surface area contributed by atoms with Gasteiger partial charge in [0.05, 0.1) is 5.75 Å². The number of carbonyl (C=O) groups is 1. The maximum absolute atomic E-state index is 12.0. The Labute approximate surface area is 106 Å². The lowest BCUT2D eigenvalue weighted by atomic mass is 10.2. The first-order valence-electron chi connectivity index (χ1n) is 5.83. The van der Waals surface area contributed by atoms with Crippen LogP contribution in [-0.2, 0) is 4.79 Å². The minimum Gasteiger partial charge on any atom is -0.338 e. The van der Waals surface area contributed by atoms with E-state index in [-0.39, 0.29) is 11.9 Å². The summed E-state index contributed by atoms with van der Waals surface area (Å²) in [5.74, 6) is 0.681. The molecule has 1 fully saturated rings. The van der Waals surface area contributed by atoms with Gasteiger partial charge in [-0.25, -0.2) is 0 Å². The van der Waals surface area contributed by atoms with E-state index in [1.165, 1.54) is 0 Å². The van der Waals surface area contributed by atoms with Crippen LogP contribution in [0.2, 0.25) is 0 Å². The van der Waals surface area contributed by atoms with Crippen molar-refractivity contribution in [2.75, 3.05) is 18.8 Å². The fourth-order valence-electron chi connectivity index (χ4n) is 2.07. The van der Waals surface area contributed by atoms with E-state index in [0.29, 0.717) is 12.3 Å². The molecule has 17 heavy (non-hydrogen) atoms. The van der Waals surface area contributed by atoms with Gasteiger partial charge in [0.15, 0.2) is 0 Å². The number of nitrogens with two attached hydrogens (primary N) is 1. The Bertz CT molecular complexity index is 371. The number of hydrogen-bond acceptors (Lipinski definition) is 4. The van der Waals surface area contributed by atoms with Gasteiger partial charge in [-0.2, -0.15) is 0 Å². The van der Waals surface area contributed by atoms with E-state index >= 15 is 0 Å². The monoisotopic (exact) mass is 251 g/mol. The third-order valence-corrected chi connectivity index (χ3v) is 3.98. The molecule has 0 radical (unpaired) electrons. The van der Waals surface area contributed by atoms with Crippen molar-refractivity contribution in [2.24, 2.45) is 5.73 Å². The van der Waals surface area contributed by atoms with Gasteiger partial charge in [-0.1, -0.05) is 0 Å². The fourth-order valence-corrected chi connectivity index (χ4v) is 2.84. The van der Waals surface area contributed by atoms with E-state index in [9.17, 15) is 4.79 Å². The predicted molar refractivity (Wildman–Crippen MR) is 68.8 cm³/mol. The highest BCUT2D eigenvalue weighted by molar-refractivity contribution is 8.00. The van der Waals surface area contributed by atoms with Crippen LogP contribution >= 0.6 is 11.8 Å². The number of carbonyl (C=O) groups excluding carboxylic acids is 1. The molecule has 2 rings (SSSR count). The molecule has 1 unspecified atom stereocenters. The van der Waals surface area contributed by atoms with Crippen LogP contribution < -0.4 is 5.73 Å². The average molecular weight is 251 g/mol. The number of hydrogen-bond donors (Lipinski definition) is 1. The maximum atomic E-state index is 12.0. The van der Waals surface area contributed by atoms with E-state index in [1.807, 2.05) is 17.0 Å². The third-order valence-electron chi connectivity index (χ3n) is 2.98. The molecule has 1 aliphatic rings. The summed E-state index contributed by atoms with van der Waals surface area (Å²) in [5, 5.41) is 0. The van der Waals surface area contributed by atoms with E-state index in [2.05, 4.69) is 4.98 Å². The second-order valence-corrected chi connectivity index (χ2v) is 5.14. The summed E-state index contributed by atoms with van der Waals surface area (Å²) < 4.78 is 0. The number of thioether (sulfide) groups is 1. The molecule has 1 aromatic rings. The molecule has 0 saturated carbocycles. The molecular weight excluding hydrogens is 234 g/mol. The topological polar surface area (TPSA) is 59.2 Å².